The first-order chi connectivity index (χ1) is 6.22. The topological polar surface area (TPSA) is 55.5 Å². The van der Waals surface area contributed by atoms with Crippen molar-refractivity contribution in [3.05, 3.63) is 0 Å². The second-order valence-corrected chi connectivity index (χ2v) is 4.14. The largest absolute Gasteiger partial charge is 0.394 e. The molecule has 78 valence electrons. The van der Waals surface area contributed by atoms with E-state index >= 15 is 0 Å². The van der Waals surface area contributed by atoms with Crippen molar-refractivity contribution in [2.45, 2.75) is 38.2 Å². The molecule has 3 N–H and O–H groups in total. The Kier molecular flexibility index (Phi) is 4.16. The number of rotatable bonds is 4. The molecule has 1 rings (SSSR count). The fourth-order valence-corrected chi connectivity index (χ4v) is 1.96. The third-order valence-electron chi connectivity index (χ3n) is 3.06. The lowest BCUT2D eigenvalue weighted by Gasteiger charge is -2.38. The van der Waals surface area contributed by atoms with Crippen LogP contribution in [0.15, 0.2) is 0 Å². The molecule has 0 saturated heterocycles. The Morgan fingerprint density at radius 2 is 2.08 bits per heavy atom. The van der Waals surface area contributed by atoms with Crippen molar-refractivity contribution in [2.75, 3.05) is 19.8 Å². The second kappa shape index (κ2) is 4.94. The molecule has 0 radical (unpaired) electrons. The number of ether oxygens (including phenoxy) is 1. The van der Waals surface area contributed by atoms with Crippen LogP contribution in [0.2, 0.25) is 0 Å². The van der Waals surface area contributed by atoms with Crippen molar-refractivity contribution in [2.24, 2.45) is 11.7 Å². The first kappa shape index (κ1) is 11.0. The third kappa shape index (κ3) is 2.93. The molecule has 3 nitrogen and oxygen atoms in total. The minimum atomic E-state index is -0.130. The van der Waals surface area contributed by atoms with Gasteiger partial charge in [0.2, 0.25) is 0 Å². The highest BCUT2D eigenvalue weighted by molar-refractivity contribution is 4.87. The molecule has 1 saturated carbocycles. The van der Waals surface area contributed by atoms with E-state index in [4.69, 9.17) is 15.6 Å². The van der Waals surface area contributed by atoms with Gasteiger partial charge in [-0.3, -0.25) is 0 Å². The summed E-state index contributed by atoms with van der Waals surface area (Å²) < 4.78 is 5.64. The van der Waals surface area contributed by atoms with Crippen LogP contribution in [0.1, 0.15) is 32.6 Å². The van der Waals surface area contributed by atoms with Crippen molar-refractivity contribution < 1.29 is 9.84 Å². The Labute approximate surface area is 80.3 Å². The Hall–Kier alpha value is -0.120. The van der Waals surface area contributed by atoms with Crippen molar-refractivity contribution in [1.82, 2.24) is 0 Å². The third-order valence-corrected chi connectivity index (χ3v) is 3.06. The molecule has 0 aromatic rings. The maximum Gasteiger partial charge on any atom is 0.0805 e. The van der Waals surface area contributed by atoms with E-state index in [0.717, 1.165) is 18.8 Å². The number of hydrogen-bond donors (Lipinski definition) is 2. The van der Waals surface area contributed by atoms with Gasteiger partial charge in [-0.15, -0.1) is 0 Å². The van der Waals surface area contributed by atoms with Crippen LogP contribution in [0.3, 0.4) is 0 Å². The average molecular weight is 187 g/mol. The Morgan fingerprint density at radius 1 is 1.46 bits per heavy atom. The lowest BCUT2D eigenvalue weighted by molar-refractivity contribution is -0.0798. The molecular weight excluding hydrogens is 166 g/mol. The maximum atomic E-state index is 8.69. The molecule has 0 aromatic carbocycles. The van der Waals surface area contributed by atoms with E-state index in [9.17, 15) is 0 Å². The summed E-state index contributed by atoms with van der Waals surface area (Å²) in [6, 6.07) is 0. The van der Waals surface area contributed by atoms with Gasteiger partial charge in [-0.25, -0.2) is 0 Å². The molecule has 0 amide bonds. The molecule has 0 aliphatic heterocycles. The predicted molar refractivity (Wildman–Crippen MR) is 52.5 cm³/mol. The lowest BCUT2D eigenvalue weighted by atomic mass is 9.79. The van der Waals surface area contributed by atoms with Crippen molar-refractivity contribution in [3.8, 4) is 0 Å². The molecule has 1 fully saturated rings. The summed E-state index contributed by atoms with van der Waals surface area (Å²) in [7, 11) is 0. The van der Waals surface area contributed by atoms with E-state index < -0.39 is 0 Å². The van der Waals surface area contributed by atoms with Crippen molar-refractivity contribution >= 4 is 0 Å². The van der Waals surface area contributed by atoms with Gasteiger partial charge in [0.15, 0.2) is 0 Å². The van der Waals surface area contributed by atoms with Crippen molar-refractivity contribution in [3.63, 3.8) is 0 Å². The molecule has 3 heteroatoms. The molecule has 0 heterocycles. The monoisotopic (exact) mass is 187 g/mol. The molecule has 0 spiro atoms. The van der Waals surface area contributed by atoms with Gasteiger partial charge < -0.3 is 15.6 Å². The zero-order valence-corrected chi connectivity index (χ0v) is 8.46. The molecule has 0 unspecified atom stereocenters. The second-order valence-electron chi connectivity index (χ2n) is 4.14. The normalized spacial score (nSPS) is 34.8. The predicted octanol–water partition coefficient (Wildman–Crippen LogP) is 0.903. The summed E-state index contributed by atoms with van der Waals surface area (Å²) in [5, 5.41) is 8.69. The van der Waals surface area contributed by atoms with Gasteiger partial charge in [-0.05, 0) is 31.6 Å². The van der Waals surface area contributed by atoms with Gasteiger partial charge >= 0.3 is 0 Å². The summed E-state index contributed by atoms with van der Waals surface area (Å²) in [6.07, 6.45) is 4.49. The van der Waals surface area contributed by atoms with Crippen LogP contribution in [0, 0.1) is 5.92 Å². The first-order valence-corrected chi connectivity index (χ1v) is 5.17. The van der Waals surface area contributed by atoms with E-state index in [-0.39, 0.29) is 12.2 Å². The van der Waals surface area contributed by atoms with Crippen LogP contribution in [-0.2, 0) is 4.74 Å². The van der Waals surface area contributed by atoms with Gasteiger partial charge in [0.25, 0.3) is 0 Å². The van der Waals surface area contributed by atoms with Crippen LogP contribution in [-0.4, -0.2) is 30.5 Å². The van der Waals surface area contributed by atoms with Gasteiger partial charge in [-0.2, -0.15) is 0 Å². The molecule has 0 atom stereocenters. The zero-order valence-electron chi connectivity index (χ0n) is 8.46. The summed E-state index contributed by atoms with van der Waals surface area (Å²) in [5.41, 5.74) is 5.59. The Bertz CT molecular complexity index is 136. The Balaban J connectivity index is 2.40. The van der Waals surface area contributed by atoms with E-state index in [1.165, 1.54) is 12.8 Å². The van der Waals surface area contributed by atoms with E-state index in [2.05, 4.69) is 6.92 Å². The van der Waals surface area contributed by atoms with Gasteiger partial charge in [0, 0.05) is 6.54 Å². The van der Waals surface area contributed by atoms with Crippen LogP contribution >= 0.6 is 0 Å². The average Bonchev–Trinajstić information content (AvgIpc) is 2.18. The lowest BCUT2D eigenvalue weighted by Crippen LogP contribution is -2.44. The Morgan fingerprint density at radius 3 is 2.54 bits per heavy atom. The highest BCUT2D eigenvalue weighted by Crippen LogP contribution is 2.33. The summed E-state index contributed by atoms with van der Waals surface area (Å²) in [6.45, 7) is 3.37. The van der Waals surface area contributed by atoms with E-state index in [1.54, 1.807) is 0 Å². The minimum absolute atomic E-state index is 0.0945. The molecule has 0 bridgehead atoms. The van der Waals surface area contributed by atoms with Crippen LogP contribution in [0.5, 0.6) is 0 Å². The molecule has 1 aliphatic rings. The van der Waals surface area contributed by atoms with Crippen LogP contribution in [0.4, 0.5) is 0 Å². The summed E-state index contributed by atoms with van der Waals surface area (Å²) in [4.78, 5) is 0. The number of nitrogens with two attached hydrogens (primary N) is 1. The smallest absolute Gasteiger partial charge is 0.0805 e. The number of hydrogen-bond acceptors (Lipinski definition) is 3. The van der Waals surface area contributed by atoms with Gasteiger partial charge in [-0.1, -0.05) is 6.92 Å². The highest BCUT2D eigenvalue weighted by Gasteiger charge is 2.33. The maximum absolute atomic E-state index is 8.69. The van der Waals surface area contributed by atoms with Crippen molar-refractivity contribution in [1.29, 1.82) is 0 Å². The van der Waals surface area contributed by atoms with Crippen LogP contribution < -0.4 is 5.73 Å². The SMILES string of the molecule is CC1CCC(CN)(OCCO)CC1. The van der Waals surface area contributed by atoms with E-state index in [0.29, 0.717) is 13.2 Å². The number of aliphatic hydroxyl groups excluding tert-OH is 1. The molecule has 13 heavy (non-hydrogen) atoms. The first-order valence-electron chi connectivity index (χ1n) is 5.17. The molecular formula is C10H21NO2. The minimum Gasteiger partial charge on any atom is -0.394 e. The fourth-order valence-electron chi connectivity index (χ4n) is 1.96. The zero-order chi connectivity index (χ0) is 9.73. The summed E-state index contributed by atoms with van der Waals surface area (Å²) in [5.74, 6) is 0.803. The van der Waals surface area contributed by atoms with Gasteiger partial charge in [0.1, 0.15) is 0 Å². The highest BCUT2D eigenvalue weighted by atomic mass is 16.5. The van der Waals surface area contributed by atoms with Crippen LogP contribution in [0.25, 0.3) is 0 Å². The van der Waals surface area contributed by atoms with Gasteiger partial charge in [0.05, 0.1) is 18.8 Å². The summed E-state index contributed by atoms with van der Waals surface area (Å²) >= 11 is 0. The standard InChI is InChI=1S/C10H21NO2/c1-9-2-4-10(8-11,5-3-9)13-7-6-12/h9,12H,2-8,11H2,1H3. The van der Waals surface area contributed by atoms with E-state index in [1.807, 2.05) is 0 Å². The molecule has 1 aliphatic carbocycles. The number of aliphatic hydroxyl groups is 1. The fraction of sp³-hybridized carbons (Fsp3) is 1.00. The quantitative estimate of drug-likeness (QED) is 0.687. The molecule has 0 aromatic heterocycles.